The zero-order chi connectivity index (χ0) is 25.0. The number of hydrogen-bond donors (Lipinski definition) is 1. The van der Waals surface area contributed by atoms with Crippen LogP contribution >= 0.6 is 0 Å². The van der Waals surface area contributed by atoms with Crippen LogP contribution in [-0.4, -0.2) is 34.6 Å². The van der Waals surface area contributed by atoms with Gasteiger partial charge in [0, 0.05) is 16.7 Å². The van der Waals surface area contributed by atoms with Crippen molar-refractivity contribution >= 4 is 29.5 Å². The Balaban J connectivity index is 2.31. The number of ether oxygens (including phenoxy) is 1. The molecule has 0 saturated carbocycles. The second-order valence-electron chi connectivity index (χ2n) is 6.76. The molecule has 0 saturated heterocycles. The lowest BCUT2D eigenvalue weighted by atomic mass is 9.90. The lowest BCUT2D eigenvalue weighted by molar-refractivity contribution is -0.138. The van der Waals surface area contributed by atoms with E-state index >= 15 is 0 Å². The van der Waals surface area contributed by atoms with E-state index in [-0.39, 0.29) is 12.1 Å². The molecule has 2 aromatic rings. The van der Waals surface area contributed by atoms with Crippen LogP contribution in [-0.2, 0) is 17.1 Å². The molecule has 0 aromatic heterocycles. The first kappa shape index (κ1) is 23.6. The van der Waals surface area contributed by atoms with E-state index in [0.717, 1.165) is 0 Å². The highest BCUT2D eigenvalue weighted by Crippen LogP contribution is 2.39. The number of alkyl halides is 6. The normalized spacial score (nSPS) is 13.5. The van der Waals surface area contributed by atoms with Crippen molar-refractivity contribution in [1.29, 1.82) is 0 Å². The first-order valence-electron chi connectivity index (χ1n) is 8.60. The Morgan fingerprint density at radius 2 is 1.33 bits per heavy atom. The summed E-state index contributed by atoms with van der Waals surface area (Å²) in [6, 6.07) is 1.18. The van der Waals surface area contributed by atoms with E-state index in [0.29, 0.717) is 19.1 Å². The first-order valence-corrected chi connectivity index (χ1v) is 8.60. The molecule has 2 aromatic carbocycles. The van der Waals surface area contributed by atoms with Gasteiger partial charge in [0.25, 0.3) is 0 Å². The summed E-state index contributed by atoms with van der Waals surface area (Å²) in [5, 5.41) is 9.24. The second-order valence-corrected chi connectivity index (χ2v) is 6.76. The SMILES string of the molecule is CC(=O)c1c(C(=O)O)cc(C(=O)c2cc3c(c(C(F)(F)F)c2)C(=O)OC3=O)cc1C(F)(F)F. The van der Waals surface area contributed by atoms with Gasteiger partial charge in [0.05, 0.1) is 27.8 Å². The zero-order valence-electron chi connectivity index (χ0n) is 16.0. The third kappa shape index (κ3) is 4.08. The fourth-order valence-corrected chi connectivity index (χ4v) is 3.28. The molecule has 13 heteroatoms. The van der Waals surface area contributed by atoms with Crippen molar-refractivity contribution in [3.05, 3.63) is 68.8 Å². The van der Waals surface area contributed by atoms with Gasteiger partial charge in [0.15, 0.2) is 11.6 Å². The summed E-state index contributed by atoms with van der Waals surface area (Å²) in [5.74, 6) is -7.95. The number of Topliss-reactive ketones (excluding diaryl/α,β-unsaturated/α-hetero) is 1. The van der Waals surface area contributed by atoms with Gasteiger partial charge in [0.1, 0.15) is 0 Å². The van der Waals surface area contributed by atoms with Crippen molar-refractivity contribution in [3.63, 3.8) is 0 Å². The topological polar surface area (TPSA) is 115 Å². The van der Waals surface area contributed by atoms with Crippen molar-refractivity contribution in [2.75, 3.05) is 0 Å². The minimum atomic E-state index is -5.30. The molecular weight excluding hydrogens is 466 g/mol. The summed E-state index contributed by atoms with van der Waals surface area (Å²) in [4.78, 5) is 59.3. The molecule has 1 N–H and O–H groups in total. The van der Waals surface area contributed by atoms with E-state index in [4.69, 9.17) is 0 Å². The predicted molar refractivity (Wildman–Crippen MR) is 93.0 cm³/mol. The van der Waals surface area contributed by atoms with Crippen molar-refractivity contribution in [3.8, 4) is 0 Å². The number of hydrogen-bond acceptors (Lipinski definition) is 6. The lowest BCUT2D eigenvalue weighted by Crippen LogP contribution is -2.19. The molecule has 0 unspecified atom stereocenters. The zero-order valence-corrected chi connectivity index (χ0v) is 16.0. The summed E-state index contributed by atoms with van der Waals surface area (Å²) in [6.07, 6.45) is -10.6. The molecule has 33 heavy (non-hydrogen) atoms. The van der Waals surface area contributed by atoms with Crippen LogP contribution < -0.4 is 0 Å². The van der Waals surface area contributed by atoms with Crippen LogP contribution in [0, 0.1) is 0 Å². The monoisotopic (exact) mass is 474 g/mol. The van der Waals surface area contributed by atoms with Gasteiger partial charge in [-0.05, 0) is 31.2 Å². The molecule has 0 aliphatic carbocycles. The van der Waals surface area contributed by atoms with Gasteiger partial charge in [-0.2, -0.15) is 26.3 Å². The maximum absolute atomic E-state index is 13.5. The Labute approximate surface area is 178 Å². The lowest BCUT2D eigenvalue weighted by Gasteiger charge is -2.16. The summed E-state index contributed by atoms with van der Waals surface area (Å²) < 4.78 is 84.9. The van der Waals surface area contributed by atoms with Gasteiger partial charge in [0.2, 0.25) is 0 Å². The van der Waals surface area contributed by atoms with Crippen molar-refractivity contribution in [1.82, 2.24) is 0 Å². The quantitative estimate of drug-likeness (QED) is 0.306. The molecule has 0 spiro atoms. The molecule has 0 atom stereocenters. The maximum atomic E-state index is 13.5. The van der Waals surface area contributed by atoms with Gasteiger partial charge in [-0.3, -0.25) is 9.59 Å². The molecule has 0 bridgehead atoms. The van der Waals surface area contributed by atoms with Crippen LogP contribution in [0.3, 0.4) is 0 Å². The van der Waals surface area contributed by atoms with E-state index in [1.165, 1.54) is 0 Å². The smallest absolute Gasteiger partial charge is 0.417 e. The highest BCUT2D eigenvalue weighted by molar-refractivity contribution is 6.18. The summed E-state index contributed by atoms with van der Waals surface area (Å²) in [5.41, 5.74) is -10.1. The summed E-state index contributed by atoms with van der Waals surface area (Å²) in [7, 11) is 0. The fourth-order valence-electron chi connectivity index (χ4n) is 3.28. The van der Waals surface area contributed by atoms with Crippen molar-refractivity contribution in [2.45, 2.75) is 19.3 Å². The Hall–Kier alpha value is -4.03. The molecule has 7 nitrogen and oxygen atoms in total. The van der Waals surface area contributed by atoms with Crippen molar-refractivity contribution in [2.24, 2.45) is 0 Å². The number of benzene rings is 2. The highest BCUT2D eigenvalue weighted by Gasteiger charge is 2.44. The van der Waals surface area contributed by atoms with Crippen LogP contribution in [0.15, 0.2) is 24.3 Å². The number of carbonyl (C=O) groups excluding carboxylic acids is 4. The molecule has 3 rings (SSSR count). The third-order valence-electron chi connectivity index (χ3n) is 4.60. The molecule has 0 fully saturated rings. The minimum Gasteiger partial charge on any atom is -0.478 e. The van der Waals surface area contributed by atoms with Crippen LogP contribution in [0.25, 0.3) is 0 Å². The average molecular weight is 474 g/mol. The largest absolute Gasteiger partial charge is 0.478 e. The Bertz CT molecular complexity index is 1270. The third-order valence-corrected chi connectivity index (χ3v) is 4.60. The fraction of sp³-hybridized carbons (Fsp3) is 0.150. The van der Waals surface area contributed by atoms with Crippen LogP contribution in [0.4, 0.5) is 26.3 Å². The van der Waals surface area contributed by atoms with E-state index in [9.17, 15) is 55.4 Å². The number of carbonyl (C=O) groups is 5. The first-order chi connectivity index (χ1) is 15.0. The Morgan fingerprint density at radius 3 is 1.82 bits per heavy atom. The second kappa shape index (κ2) is 7.53. The molecule has 1 aliphatic rings. The molecule has 1 heterocycles. The summed E-state index contributed by atoms with van der Waals surface area (Å²) in [6.45, 7) is 0.664. The van der Waals surface area contributed by atoms with E-state index in [1.807, 2.05) is 0 Å². The highest BCUT2D eigenvalue weighted by atomic mass is 19.4. The Kier molecular flexibility index (Phi) is 5.39. The standard InChI is InChI=1S/C20H8F6O7/c1-6(27)13-9(16(29)30)2-7(4-11(13)19(21,22)23)15(28)8-3-10-14(18(32)33-17(10)31)12(5-8)20(24,25)26/h2-5H,1H3,(H,29,30). The number of carboxylic acid groups (broad SMARTS) is 1. The van der Waals surface area contributed by atoms with Gasteiger partial charge in [-0.1, -0.05) is 0 Å². The predicted octanol–water partition coefficient (Wildman–Crippen LogP) is 4.17. The van der Waals surface area contributed by atoms with Gasteiger partial charge < -0.3 is 9.84 Å². The van der Waals surface area contributed by atoms with Gasteiger partial charge in [-0.15, -0.1) is 0 Å². The number of halogens is 6. The molecule has 172 valence electrons. The minimum absolute atomic E-state index is 0.121. The number of fused-ring (bicyclic) bond motifs is 1. The van der Waals surface area contributed by atoms with Crippen LogP contribution in [0.1, 0.15) is 75.4 Å². The Morgan fingerprint density at radius 1 is 0.818 bits per heavy atom. The average Bonchev–Trinajstić information content (AvgIpc) is 2.97. The molecule has 1 aliphatic heterocycles. The number of carboxylic acids is 1. The van der Waals surface area contributed by atoms with Gasteiger partial charge in [-0.25, -0.2) is 14.4 Å². The van der Waals surface area contributed by atoms with Crippen molar-refractivity contribution < 1.29 is 60.2 Å². The molecular formula is C20H8F6O7. The van der Waals surface area contributed by atoms with E-state index in [2.05, 4.69) is 4.74 Å². The van der Waals surface area contributed by atoms with E-state index < -0.39 is 86.3 Å². The number of cyclic esters (lactones) is 2. The summed E-state index contributed by atoms with van der Waals surface area (Å²) >= 11 is 0. The molecule has 0 amide bonds. The van der Waals surface area contributed by atoms with Crippen LogP contribution in [0.5, 0.6) is 0 Å². The number of esters is 2. The van der Waals surface area contributed by atoms with Gasteiger partial charge >= 0.3 is 30.3 Å². The maximum Gasteiger partial charge on any atom is 0.417 e. The number of aromatic carboxylic acids is 1. The number of rotatable bonds is 4. The number of ketones is 2. The van der Waals surface area contributed by atoms with Crippen LogP contribution in [0.2, 0.25) is 0 Å². The molecule has 0 radical (unpaired) electrons. The van der Waals surface area contributed by atoms with E-state index in [1.54, 1.807) is 0 Å².